The van der Waals surface area contributed by atoms with E-state index in [0.717, 1.165) is 11.1 Å². The number of carbonyl (C=O) groups excluding carboxylic acids is 2. The van der Waals surface area contributed by atoms with Crippen molar-refractivity contribution in [2.45, 2.75) is 38.0 Å². The Morgan fingerprint density at radius 1 is 1.03 bits per heavy atom. The number of rotatable bonds is 9. The fraction of sp³-hybridized carbons (Fsp3) is 0.333. The Balaban J connectivity index is 1.76. The summed E-state index contributed by atoms with van der Waals surface area (Å²) in [7, 11) is -3.71. The van der Waals surface area contributed by atoms with Gasteiger partial charge in [-0.2, -0.15) is 0 Å². The molecule has 0 aliphatic rings. The summed E-state index contributed by atoms with van der Waals surface area (Å²) in [5.41, 5.74) is 2.57. The Morgan fingerprint density at radius 3 is 2.31 bits per heavy atom. The minimum atomic E-state index is -3.71. The maximum atomic E-state index is 12.3. The van der Waals surface area contributed by atoms with Crippen molar-refractivity contribution in [3.8, 4) is 0 Å². The number of hydrogen-bond donors (Lipinski definition) is 2. The fourth-order valence-corrected chi connectivity index (χ4v) is 3.55. The van der Waals surface area contributed by atoms with Crippen LogP contribution in [0.4, 0.5) is 5.69 Å². The second kappa shape index (κ2) is 10.2. The molecule has 0 aliphatic carbocycles. The zero-order chi connectivity index (χ0) is 21.4. The van der Waals surface area contributed by atoms with Gasteiger partial charge in [-0.1, -0.05) is 44.2 Å². The van der Waals surface area contributed by atoms with Gasteiger partial charge in [0.25, 0.3) is 5.91 Å². The van der Waals surface area contributed by atoms with Gasteiger partial charge in [0.05, 0.1) is 11.3 Å². The lowest BCUT2D eigenvalue weighted by Gasteiger charge is -2.10. The molecule has 0 heterocycles. The van der Waals surface area contributed by atoms with Crippen LogP contribution in [0.5, 0.6) is 0 Å². The number of benzene rings is 2. The first-order valence-corrected chi connectivity index (χ1v) is 10.8. The van der Waals surface area contributed by atoms with Gasteiger partial charge in [0.15, 0.2) is 6.61 Å². The van der Waals surface area contributed by atoms with Gasteiger partial charge in [-0.25, -0.2) is 13.1 Å². The molecular formula is C21H26N2O5S. The van der Waals surface area contributed by atoms with Gasteiger partial charge in [-0.3, -0.25) is 9.59 Å². The third-order valence-electron chi connectivity index (χ3n) is 4.26. The Bertz CT molecular complexity index is 953. The van der Waals surface area contributed by atoms with Crippen LogP contribution in [0.1, 0.15) is 37.3 Å². The van der Waals surface area contributed by atoms with Crippen molar-refractivity contribution >= 4 is 27.6 Å². The average Bonchev–Trinajstić information content (AvgIpc) is 2.68. The van der Waals surface area contributed by atoms with Crippen molar-refractivity contribution in [1.82, 2.24) is 4.72 Å². The minimum Gasteiger partial charge on any atom is -0.456 e. The molecule has 0 spiro atoms. The number of anilines is 1. The number of aryl methyl sites for hydroxylation is 1. The van der Waals surface area contributed by atoms with Gasteiger partial charge >= 0.3 is 5.97 Å². The number of hydrogen-bond acceptors (Lipinski definition) is 5. The molecule has 156 valence electrons. The van der Waals surface area contributed by atoms with E-state index < -0.39 is 28.5 Å². The smallest absolute Gasteiger partial charge is 0.307 e. The number of amides is 1. The molecule has 2 aromatic carbocycles. The highest BCUT2D eigenvalue weighted by atomic mass is 32.2. The molecule has 1 amide bonds. The molecule has 2 rings (SSSR count). The number of sulfonamides is 1. The summed E-state index contributed by atoms with van der Waals surface area (Å²) >= 11 is 0. The van der Waals surface area contributed by atoms with Crippen molar-refractivity contribution < 1.29 is 22.7 Å². The summed E-state index contributed by atoms with van der Waals surface area (Å²) in [4.78, 5) is 23.8. The maximum absolute atomic E-state index is 12.3. The van der Waals surface area contributed by atoms with Gasteiger partial charge < -0.3 is 10.1 Å². The van der Waals surface area contributed by atoms with Crippen LogP contribution >= 0.6 is 0 Å². The van der Waals surface area contributed by atoms with Crippen LogP contribution in [0.25, 0.3) is 0 Å². The third-order valence-corrected chi connectivity index (χ3v) is 5.74. The van der Waals surface area contributed by atoms with Crippen molar-refractivity contribution in [3.63, 3.8) is 0 Å². The number of nitrogens with one attached hydrogen (secondary N) is 2. The Kier molecular flexibility index (Phi) is 7.92. The zero-order valence-corrected chi connectivity index (χ0v) is 17.6. The monoisotopic (exact) mass is 418 g/mol. The van der Waals surface area contributed by atoms with Gasteiger partial charge in [0, 0.05) is 12.2 Å². The third kappa shape index (κ3) is 6.99. The second-order valence-corrected chi connectivity index (χ2v) is 8.66. The number of ether oxygens (including phenoxy) is 1. The van der Waals surface area contributed by atoms with E-state index in [-0.39, 0.29) is 17.9 Å². The van der Waals surface area contributed by atoms with Crippen LogP contribution in [-0.2, 0) is 24.3 Å². The van der Waals surface area contributed by atoms with E-state index in [9.17, 15) is 18.0 Å². The molecule has 8 heteroatoms. The van der Waals surface area contributed by atoms with Crippen LogP contribution in [-0.4, -0.2) is 33.4 Å². The highest BCUT2D eigenvalue weighted by Gasteiger charge is 2.15. The molecule has 0 bridgehead atoms. The van der Waals surface area contributed by atoms with Crippen LogP contribution in [0.15, 0.2) is 53.4 Å². The number of para-hydroxylation sites is 1. The van der Waals surface area contributed by atoms with E-state index in [4.69, 9.17) is 4.74 Å². The van der Waals surface area contributed by atoms with E-state index in [0.29, 0.717) is 11.6 Å². The van der Waals surface area contributed by atoms with Crippen molar-refractivity contribution in [2.24, 2.45) is 0 Å². The fourth-order valence-electron chi connectivity index (χ4n) is 2.52. The summed E-state index contributed by atoms with van der Waals surface area (Å²) < 4.78 is 31.8. The predicted octanol–water partition coefficient (Wildman–Crippen LogP) is 2.97. The summed E-state index contributed by atoms with van der Waals surface area (Å²) in [6.07, 6.45) is -0.180. The normalized spacial score (nSPS) is 11.3. The van der Waals surface area contributed by atoms with Gasteiger partial charge in [0.2, 0.25) is 10.0 Å². The molecule has 0 atom stereocenters. The van der Waals surface area contributed by atoms with E-state index in [2.05, 4.69) is 10.0 Å². The zero-order valence-electron chi connectivity index (χ0n) is 16.8. The molecule has 0 aliphatic heterocycles. The van der Waals surface area contributed by atoms with Gasteiger partial charge in [0.1, 0.15) is 0 Å². The lowest BCUT2D eigenvalue weighted by atomic mass is 10.0. The summed E-state index contributed by atoms with van der Waals surface area (Å²) in [6, 6.07) is 13.8. The standard InChI is InChI=1S/C21H26N2O5S/c1-15(2)17-8-10-18(11-9-17)29(26,27)22-13-12-21(25)28-14-20(24)23-19-7-5-4-6-16(19)3/h4-11,15,22H,12-14H2,1-3H3,(H,23,24). The summed E-state index contributed by atoms with van der Waals surface area (Å²) in [6.45, 7) is 5.34. The van der Waals surface area contributed by atoms with Gasteiger partial charge in [-0.05, 0) is 42.2 Å². The topological polar surface area (TPSA) is 102 Å². The molecule has 0 aromatic heterocycles. The molecular weight excluding hydrogens is 392 g/mol. The first-order valence-electron chi connectivity index (χ1n) is 9.30. The molecule has 7 nitrogen and oxygen atoms in total. The van der Waals surface area contributed by atoms with E-state index in [1.165, 1.54) is 12.1 Å². The Hall–Kier alpha value is -2.71. The maximum Gasteiger partial charge on any atom is 0.307 e. The number of carbonyl (C=O) groups is 2. The highest BCUT2D eigenvalue weighted by Crippen LogP contribution is 2.17. The summed E-state index contributed by atoms with van der Waals surface area (Å²) in [5, 5.41) is 2.65. The minimum absolute atomic E-state index is 0.119. The van der Waals surface area contributed by atoms with Crippen LogP contribution in [0.2, 0.25) is 0 Å². The highest BCUT2D eigenvalue weighted by molar-refractivity contribution is 7.89. The van der Waals surface area contributed by atoms with Crippen LogP contribution in [0.3, 0.4) is 0 Å². The molecule has 2 N–H and O–H groups in total. The second-order valence-electron chi connectivity index (χ2n) is 6.90. The summed E-state index contributed by atoms with van der Waals surface area (Å²) in [5.74, 6) is -0.821. The van der Waals surface area contributed by atoms with Crippen molar-refractivity contribution in [2.75, 3.05) is 18.5 Å². The first kappa shape index (κ1) is 22.6. The first-order chi connectivity index (χ1) is 13.7. The molecule has 0 saturated heterocycles. The quantitative estimate of drug-likeness (QED) is 0.610. The van der Waals surface area contributed by atoms with Gasteiger partial charge in [-0.15, -0.1) is 0 Å². The Morgan fingerprint density at radius 2 is 1.69 bits per heavy atom. The number of esters is 1. The lowest BCUT2D eigenvalue weighted by molar-refractivity contribution is -0.147. The molecule has 29 heavy (non-hydrogen) atoms. The molecule has 0 radical (unpaired) electrons. The lowest BCUT2D eigenvalue weighted by Crippen LogP contribution is -2.28. The molecule has 0 unspecified atom stereocenters. The van der Waals surface area contributed by atoms with Crippen molar-refractivity contribution in [1.29, 1.82) is 0 Å². The molecule has 0 saturated carbocycles. The van der Waals surface area contributed by atoms with Crippen LogP contribution in [0, 0.1) is 6.92 Å². The predicted molar refractivity (Wildman–Crippen MR) is 111 cm³/mol. The van der Waals surface area contributed by atoms with E-state index >= 15 is 0 Å². The molecule has 2 aromatic rings. The SMILES string of the molecule is Cc1ccccc1NC(=O)COC(=O)CCNS(=O)(=O)c1ccc(C(C)C)cc1. The largest absolute Gasteiger partial charge is 0.456 e. The van der Waals surface area contributed by atoms with E-state index in [1.54, 1.807) is 24.3 Å². The Labute approximate surface area is 171 Å². The van der Waals surface area contributed by atoms with Crippen LogP contribution < -0.4 is 10.0 Å². The average molecular weight is 419 g/mol. The van der Waals surface area contributed by atoms with E-state index in [1.807, 2.05) is 32.9 Å². The molecule has 0 fully saturated rings. The van der Waals surface area contributed by atoms with Crippen molar-refractivity contribution in [3.05, 3.63) is 59.7 Å².